The third-order valence-corrected chi connectivity index (χ3v) is 8.21. The highest BCUT2D eigenvalue weighted by molar-refractivity contribution is 7.91. The molecule has 2 saturated carbocycles. The van der Waals surface area contributed by atoms with Crippen LogP contribution < -0.4 is 5.32 Å². The second-order valence-electron chi connectivity index (χ2n) is 8.65. The van der Waals surface area contributed by atoms with Crippen LogP contribution in [0.2, 0.25) is 5.82 Å². The number of rotatable bonds is 8. The van der Waals surface area contributed by atoms with E-state index in [0.717, 1.165) is 0 Å². The van der Waals surface area contributed by atoms with E-state index in [9.17, 15) is 37.1 Å². The molecule has 2 aliphatic carbocycles. The summed E-state index contributed by atoms with van der Waals surface area (Å²) in [6.45, 7) is -0.986. The molecule has 11 heteroatoms. The zero-order chi connectivity index (χ0) is 21.8. The maximum Gasteiger partial charge on any atom is 0.454 e. The Labute approximate surface area is 171 Å². The number of hydrogen-bond donors (Lipinski definition) is 4. The van der Waals surface area contributed by atoms with Gasteiger partial charge in [0, 0.05) is 12.7 Å². The topological polar surface area (TPSA) is 124 Å². The monoisotopic (exact) mass is 439 g/mol. The molecule has 0 saturated heterocycles. The highest BCUT2D eigenvalue weighted by atomic mass is 32.2. The minimum absolute atomic E-state index is 0.138. The first-order valence-corrected chi connectivity index (χ1v) is 12.2. The fourth-order valence-electron chi connectivity index (χ4n) is 4.65. The largest absolute Gasteiger partial charge is 0.454 e. The smallest absolute Gasteiger partial charge is 0.427 e. The van der Waals surface area contributed by atoms with Crippen LogP contribution in [0.5, 0.6) is 0 Å². The van der Waals surface area contributed by atoms with Crippen LogP contribution in [0.3, 0.4) is 0 Å². The molecule has 2 aliphatic rings. The number of halogens is 2. The summed E-state index contributed by atoms with van der Waals surface area (Å²) >= 11 is 0. The van der Waals surface area contributed by atoms with Gasteiger partial charge in [0.1, 0.15) is 22.7 Å². The molecule has 5 atom stereocenters. The molecule has 0 aromatic heterocycles. The lowest BCUT2D eigenvalue weighted by Crippen LogP contribution is -2.49. The van der Waals surface area contributed by atoms with Gasteiger partial charge in [-0.15, -0.1) is 0 Å². The number of aliphatic hydroxyl groups excluding tert-OH is 1. The fraction of sp³-hybridized carbons (Fsp3) is 0.944. The van der Waals surface area contributed by atoms with E-state index in [1.807, 2.05) is 0 Å². The molecule has 29 heavy (non-hydrogen) atoms. The SMILES string of the molecule is CS(=O)(=O)C1CCC([C@H](O)C(CF)NC(=O)CC2CC(B(O)O)CCC2F)CC1. The van der Waals surface area contributed by atoms with E-state index in [1.54, 1.807) is 0 Å². The predicted octanol–water partition coefficient (Wildman–Crippen LogP) is 0.776. The van der Waals surface area contributed by atoms with Gasteiger partial charge in [-0.05, 0) is 62.6 Å². The summed E-state index contributed by atoms with van der Waals surface area (Å²) in [6.07, 6.45) is 0.848. The molecular formula is C18H32BF2NO6S. The van der Waals surface area contributed by atoms with Crippen LogP contribution in [-0.2, 0) is 14.6 Å². The molecule has 0 spiro atoms. The number of nitrogens with one attached hydrogen (secondary N) is 1. The molecule has 4 N–H and O–H groups in total. The van der Waals surface area contributed by atoms with Crippen LogP contribution in [-0.4, -0.2) is 73.1 Å². The van der Waals surface area contributed by atoms with E-state index in [0.29, 0.717) is 32.1 Å². The summed E-state index contributed by atoms with van der Waals surface area (Å²) in [5, 5.41) is 31.1. The standard InChI is InChI=1S/C18H32BF2NO6S/c1-29(27,28)14-5-2-11(3-6-14)18(24)16(10-20)22-17(23)9-12-8-13(19(25)26)4-7-15(12)21/h11-16,18,24-26H,2-10H2,1H3,(H,22,23)/t11?,12?,13?,14?,15?,16?,18-/m0/s1. The van der Waals surface area contributed by atoms with Crippen LogP contribution in [0.15, 0.2) is 0 Å². The molecule has 0 heterocycles. The Bertz CT molecular complexity index is 644. The van der Waals surface area contributed by atoms with Crippen LogP contribution in [0, 0.1) is 11.8 Å². The van der Waals surface area contributed by atoms with Gasteiger partial charge in [-0.1, -0.05) is 0 Å². The fourth-order valence-corrected chi connectivity index (χ4v) is 5.78. The lowest BCUT2D eigenvalue weighted by Gasteiger charge is -2.35. The van der Waals surface area contributed by atoms with E-state index in [4.69, 9.17) is 0 Å². The van der Waals surface area contributed by atoms with Crippen molar-refractivity contribution < 1.29 is 37.1 Å². The predicted molar refractivity (Wildman–Crippen MR) is 105 cm³/mol. The first kappa shape index (κ1) is 24.5. The minimum Gasteiger partial charge on any atom is -0.427 e. The molecule has 168 valence electrons. The number of sulfone groups is 1. The Morgan fingerprint density at radius 3 is 2.31 bits per heavy atom. The summed E-state index contributed by atoms with van der Waals surface area (Å²) in [5.74, 6) is -2.07. The molecule has 1 amide bonds. The zero-order valence-corrected chi connectivity index (χ0v) is 17.5. The van der Waals surface area contributed by atoms with E-state index in [1.165, 1.54) is 6.26 Å². The van der Waals surface area contributed by atoms with Crippen molar-refractivity contribution in [3.05, 3.63) is 0 Å². The number of alkyl halides is 2. The summed E-state index contributed by atoms with van der Waals surface area (Å²) in [7, 11) is -4.71. The summed E-state index contributed by atoms with van der Waals surface area (Å²) in [6, 6.07) is -1.14. The number of aliphatic hydroxyl groups is 1. The Morgan fingerprint density at radius 2 is 1.79 bits per heavy atom. The van der Waals surface area contributed by atoms with Crippen LogP contribution in [0.1, 0.15) is 51.4 Å². The second-order valence-corrected chi connectivity index (χ2v) is 11.0. The van der Waals surface area contributed by atoms with E-state index in [-0.39, 0.29) is 25.2 Å². The lowest BCUT2D eigenvalue weighted by atomic mass is 9.62. The van der Waals surface area contributed by atoms with E-state index in [2.05, 4.69) is 5.32 Å². The molecule has 2 rings (SSSR count). The van der Waals surface area contributed by atoms with Crippen LogP contribution in [0.4, 0.5) is 8.78 Å². The number of hydrogen-bond acceptors (Lipinski definition) is 6. The van der Waals surface area contributed by atoms with E-state index < -0.39 is 64.8 Å². The van der Waals surface area contributed by atoms with Gasteiger partial charge >= 0.3 is 7.12 Å². The average Bonchev–Trinajstić information content (AvgIpc) is 2.66. The first-order chi connectivity index (χ1) is 13.5. The lowest BCUT2D eigenvalue weighted by molar-refractivity contribution is -0.125. The van der Waals surface area contributed by atoms with Gasteiger partial charge in [0.05, 0.1) is 17.4 Å². The number of carbonyl (C=O) groups is 1. The number of carbonyl (C=O) groups excluding carboxylic acids is 1. The van der Waals surface area contributed by atoms with Gasteiger partial charge in [0.2, 0.25) is 5.91 Å². The highest BCUT2D eigenvalue weighted by Crippen LogP contribution is 2.37. The van der Waals surface area contributed by atoms with Gasteiger partial charge in [-0.2, -0.15) is 0 Å². The van der Waals surface area contributed by atoms with Gasteiger partial charge in [0.25, 0.3) is 0 Å². The zero-order valence-electron chi connectivity index (χ0n) is 16.7. The van der Waals surface area contributed by atoms with Crippen LogP contribution in [0.25, 0.3) is 0 Å². The first-order valence-electron chi connectivity index (χ1n) is 10.2. The molecule has 0 aromatic rings. The maximum atomic E-state index is 14.1. The van der Waals surface area contributed by atoms with Crippen molar-refractivity contribution in [1.29, 1.82) is 0 Å². The minimum atomic E-state index is -3.15. The van der Waals surface area contributed by atoms with Crippen molar-refractivity contribution in [2.75, 3.05) is 12.9 Å². The van der Waals surface area contributed by atoms with Crippen molar-refractivity contribution in [1.82, 2.24) is 5.32 Å². The second kappa shape index (κ2) is 10.5. The van der Waals surface area contributed by atoms with Gasteiger partial charge < -0.3 is 20.5 Å². The van der Waals surface area contributed by atoms with Gasteiger partial charge in [0.15, 0.2) is 0 Å². The quantitative estimate of drug-likeness (QED) is 0.415. The normalized spacial score (nSPS) is 33.0. The molecule has 2 fully saturated rings. The highest BCUT2D eigenvalue weighted by Gasteiger charge is 2.38. The summed E-state index contributed by atoms with van der Waals surface area (Å²) in [5.41, 5.74) is 0. The molecule has 0 radical (unpaired) electrons. The number of amides is 1. The Morgan fingerprint density at radius 1 is 1.17 bits per heavy atom. The van der Waals surface area contributed by atoms with Crippen LogP contribution >= 0.6 is 0 Å². The summed E-state index contributed by atoms with van der Waals surface area (Å²) in [4.78, 5) is 12.3. The molecule has 4 unspecified atom stereocenters. The van der Waals surface area contributed by atoms with Crippen molar-refractivity contribution in [2.24, 2.45) is 11.8 Å². The third-order valence-electron chi connectivity index (χ3n) is 6.53. The van der Waals surface area contributed by atoms with Crippen molar-refractivity contribution in [3.63, 3.8) is 0 Å². The Hall–Kier alpha value is -0.775. The Balaban J connectivity index is 1.87. The molecule has 0 aliphatic heterocycles. The van der Waals surface area contributed by atoms with Gasteiger partial charge in [-0.25, -0.2) is 17.2 Å². The maximum absolute atomic E-state index is 14.1. The van der Waals surface area contributed by atoms with Gasteiger partial charge in [-0.3, -0.25) is 4.79 Å². The molecule has 0 aromatic carbocycles. The average molecular weight is 439 g/mol. The van der Waals surface area contributed by atoms with Crippen molar-refractivity contribution in [2.45, 2.75) is 80.8 Å². The molecule has 7 nitrogen and oxygen atoms in total. The third kappa shape index (κ3) is 6.87. The van der Waals surface area contributed by atoms with E-state index >= 15 is 0 Å². The summed E-state index contributed by atoms with van der Waals surface area (Å²) < 4.78 is 50.9. The molecule has 0 bridgehead atoms. The Kier molecular flexibility index (Phi) is 8.87. The molecular weight excluding hydrogens is 407 g/mol. The van der Waals surface area contributed by atoms with Crippen molar-refractivity contribution >= 4 is 22.9 Å². The van der Waals surface area contributed by atoms with Crippen molar-refractivity contribution in [3.8, 4) is 0 Å².